The third kappa shape index (κ3) is 3.06. The molecule has 106 valence electrons. The summed E-state index contributed by atoms with van der Waals surface area (Å²) in [6.45, 7) is 1.71. The van der Waals surface area contributed by atoms with E-state index < -0.39 is 20.6 Å². The lowest BCUT2D eigenvalue weighted by Gasteiger charge is -2.05. The van der Waals surface area contributed by atoms with Gasteiger partial charge < -0.3 is 0 Å². The Hall–Kier alpha value is -1.71. The molecule has 7 nitrogen and oxygen atoms in total. The molecular weight excluding hydrogens is 326 g/mol. The second kappa shape index (κ2) is 5.35. The maximum atomic E-state index is 12.1. The van der Waals surface area contributed by atoms with Gasteiger partial charge in [0.25, 0.3) is 15.7 Å². The topological polar surface area (TPSA) is 102 Å². The number of halogens is 1. The monoisotopic (exact) mass is 333 g/mol. The molecule has 0 spiro atoms. The predicted octanol–water partition coefficient (Wildman–Crippen LogP) is 2.81. The molecule has 0 aliphatic heterocycles. The molecule has 0 atom stereocenters. The van der Waals surface area contributed by atoms with Crippen molar-refractivity contribution in [3.8, 4) is 0 Å². The van der Waals surface area contributed by atoms with E-state index in [1.807, 2.05) is 0 Å². The normalized spacial score (nSPS) is 11.3. The van der Waals surface area contributed by atoms with Crippen molar-refractivity contribution in [2.75, 3.05) is 4.72 Å². The summed E-state index contributed by atoms with van der Waals surface area (Å²) in [6, 6.07) is 5.76. The summed E-state index contributed by atoms with van der Waals surface area (Å²) in [4.78, 5) is 13.9. The van der Waals surface area contributed by atoms with E-state index in [0.717, 1.165) is 6.07 Å². The van der Waals surface area contributed by atoms with Gasteiger partial charge in [-0.15, -0.1) is 11.3 Å². The number of pyridine rings is 1. The standard InChI is InChI=1S/C10H8ClN3O4S2/c1-6-3-2-4-8(12-6)13-20(17,18)9-5-7(14(15)16)10(11)19-9/h2-5H,1H3,(H,12,13). The van der Waals surface area contributed by atoms with Crippen LogP contribution in [0.2, 0.25) is 4.34 Å². The van der Waals surface area contributed by atoms with E-state index in [2.05, 4.69) is 9.71 Å². The fraction of sp³-hybridized carbons (Fsp3) is 0.100. The lowest BCUT2D eigenvalue weighted by atomic mass is 10.4. The average molecular weight is 334 g/mol. The van der Waals surface area contributed by atoms with Crippen molar-refractivity contribution in [1.82, 2.24) is 4.98 Å². The molecule has 0 aliphatic carbocycles. The van der Waals surface area contributed by atoms with Crippen molar-refractivity contribution in [2.24, 2.45) is 0 Å². The fourth-order valence-corrected chi connectivity index (χ4v) is 4.05. The van der Waals surface area contributed by atoms with Crippen molar-refractivity contribution in [2.45, 2.75) is 11.1 Å². The van der Waals surface area contributed by atoms with E-state index in [4.69, 9.17) is 11.6 Å². The highest BCUT2D eigenvalue weighted by atomic mass is 35.5. The summed E-state index contributed by atoms with van der Waals surface area (Å²) in [5.74, 6) is 0.136. The van der Waals surface area contributed by atoms with Gasteiger partial charge in [-0.25, -0.2) is 13.4 Å². The van der Waals surface area contributed by atoms with Crippen LogP contribution in [0.15, 0.2) is 28.5 Å². The zero-order valence-corrected chi connectivity index (χ0v) is 12.4. The van der Waals surface area contributed by atoms with Crippen molar-refractivity contribution < 1.29 is 13.3 Å². The second-order valence-electron chi connectivity index (χ2n) is 3.75. The maximum absolute atomic E-state index is 12.1. The second-order valence-corrected chi connectivity index (χ2v) is 7.31. The minimum atomic E-state index is -3.95. The van der Waals surface area contributed by atoms with Gasteiger partial charge in [0, 0.05) is 11.8 Å². The number of nitrogens with zero attached hydrogens (tertiary/aromatic N) is 2. The molecule has 0 aliphatic rings. The van der Waals surface area contributed by atoms with Gasteiger partial charge in [-0.05, 0) is 19.1 Å². The van der Waals surface area contributed by atoms with Crippen LogP contribution in [0, 0.1) is 17.0 Å². The molecule has 2 rings (SSSR count). The molecule has 0 aromatic carbocycles. The smallest absolute Gasteiger partial charge is 0.263 e. The Balaban J connectivity index is 2.36. The third-order valence-corrected chi connectivity index (χ3v) is 5.40. The number of anilines is 1. The number of hydrogen-bond acceptors (Lipinski definition) is 6. The summed E-state index contributed by atoms with van der Waals surface area (Å²) in [7, 11) is -3.95. The molecular formula is C10H8ClN3O4S2. The minimum Gasteiger partial charge on any atom is -0.263 e. The molecule has 0 amide bonds. The largest absolute Gasteiger partial charge is 0.300 e. The molecule has 2 aromatic heterocycles. The Morgan fingerprint density at radius 1 is 1.45 bits per heavy atom. The number of hydrogen-bond donors (Lipinski definition) is 1. The molecule has 0 fully saturated rings. The summed E-state index contributed by atoms with van der Waals surface area (Å²) in [5.41, 5.74) is 0.203. The third-order valence-electron chi connectivity index (χ3n) is 2.23. The fourth-order valence-electron chi connectivity index (χ4n) is 1.38. The van der Waals surface area contributed by atoms with Gasteiger partial charge in [-0.3, -0.25) is 14.8 Å². The van der Waals surface area contributed by atoms with Crippen LogP contribution in [0.5, 0.6) is 0 Å². The summed E-state index contributed by atoms with van der Waals surface area (Å²) in [5, 5.41) is 10.7. The van der Waals surface area contributed by atoms with Gasteiger partial charge in [0.2, 0.25) is 0 Å². The van der Waals surface area contributed by atoms with Gasteiger partial charge in [0.1, 0.15) is 10.0 Å². The predicted molar refractivity (Wildman–Crippen MR) is 75.8 cm³/mol. The first-order chi connectivity index (χ1) is 9.29. The number of aromatic nitrogens is 1. The van der Waals surface area contributed by atoms with Crippen LogP contribution in [0.3, 0.4) is 0 Å². The van der Waals surface area contributed by atoms with Crippen molar-refractivity contribution in [3.05, 3.63) is 44.4 Å². The van der Waals surface area contributed by atoms with E-state index in [9.17, 15) is 18.5 Å². The summed E-state index contributed by atoms with van der Waals surface area (Å²) < 4.78 is 26.0. The van der Waals surface area contributed by atoms with Crippen LogP contribution in [-0.2, 0) is 10.0 Å². The quantitative estimate of drug-likeness (QED) is 0.684. The Morgan fingerprint density at radius 2 is 2.15 bits per heavy atom. The van der Waals surface area contributed by atoms with Crippen molar-refractivity contribution in [1.29, 1.82) is 0 Å². The Bertz CT molecular complexity index is 773. The zero-order valence-electron chi connectivity index (χ0n) is 10.0. The van der Waals surface area contributed by atoms with Crippen LogP contribution in [0.25, 0.3) is 0 Å². The molecule has 0 unspecified atom stereocenters. The summed E-state index contributed by atoms with van der Waals surface area (Å²) in [6.07, 6.45) is 0. The Morgan fingerprint density at radius 3 is 2.70 bits per heavy atom. The van der Waals surface area contributed by atoms with Crippen LogP contribution >= 0.6 is 22.9 Å². The molecule has 0 bridgehead atoms. The molecule has 2 heterocycles. The van der Waals surface area contributed by atoms with Crippen molar-refractivity contribution in [3.63, 3.8) is 0 Å². The molecule has 1 N–H and O–H groups in total. The lowest BCUT2D eigenvalue weighted by molar-refractivity contribution is -0.384. The summed E-state index contributed by atoms with van der Waals surface area (Å²) >= 11 is 6.26. The number of sulfonamides is 1. The van der Waals surface area contributed by atoms with Crippen LogP contribution in [-0.4, -0.2) is 18.3 Å². The first-order valence-corrected chi connectivity index (χ1v) is 7.87. The van der Waals surface area contributed by atoms with E-state index in [1.165, 1.54) is 6.07 Å². The van der Waals surface area contributed by atoms with Gasteiger partial charge in [-0.2, -0.15) is 0 Å². The molecule has 10 heteroatoms. The van der Waals surface area contributed by atoms with Gasteiger partial charge in [0.15, 0.2) is 4.34 Å². The molecule has 0 saturated heterocycles. The molecule has 20 heavy (non-hydrogen) atoms. The molecule has 2 aromatic rings. The van der Waals surface area contributed by atoms with E-state index in [0.29, 0.717) is 17.0 Å². The number of aryl methyl sites for hydroxylation is 1. The SMILES string of the molecule is Cc1cccc(NS(=O)(=O)c2cc([N+](=O)[O-])c(Cl)s2)n1. The highest BCUT2D eigenvalue weighted by Gasteiger charge is 2.25. The first kappa shape index (κ1) is 14.7. The maximum Gasteiger partial charge on any atom is 0.300 e. The van der Waals surface area contributed by atoms with Crippen LogP contribution in [0.1, 0.15) is 5.69 Å². The number of thiophene rings is 1. The van der Waals surface area contributed by atoms with Crippen LogP contribution in [0.4, 0.5) is 11.5 Å². The molecule has 0 saturated carbocycles. The number of nitro groups is 1. The highest BCUT2D eigenvalue weighted by Crippen LogP contribution is 2.36. The lowest BCUT2D eigenvalue weighted by Crippen LogP contribution is -2.12. The molecule has 0 radical (unpaired) electrons. The Labute approximate surface area is 123 Å². The van der Waals surface area contributed by atoms with Crippen LogP contribution < -0.4 is 4.72 Å². The highest BCUT2D eigenvalue weighted by molar-refractivity contribution is 7.94. The number of nitrogens with one attached hydrogen (secondary N) is 1. The number of rotatable bonds is 4. The van der Waals surface area contributed by atoms with Crippen molar-refractivity contribution >= 4 is 44.5 Å². The van der Waals surface area contributed by atoms with Gasteiger partial charge in [0.05, 0.1) is 4.92 Å². The van der Waals surface area contributed by atoms with Gasteiger partial charge >= 0.3 is 0 Å². The Kier molecular flexibility index (Phi) is 3.93. The van der Waals surface area contributed by atoms with E-state index in [1.54, 1.807) is 19.1 Å². The van der Waals surface area contributed by atoms with Gasteiger partial charge in [-0.1, -0.05) is 17.7 Å². The van der Waals surface area contributed by atoms with E-state index >= 15 is 0 Å². The zero-order chi connectivity index (χ0) is 14.9. The van der Waals surface area contributed by atoms with E-state index in [-0.39, 0.29) is 14.4 Å². The average Bonchev–Trinajstić information content (AvgIpc) is 2.71. The first-order valence-electron chi connectivity index (χ1n) is 5.20. The minimum absolute atomic E-state index is 0.136.